The second-order valence-corrected chi connectivity index (χ2v) is 4.45. The number of benzene rings is 1. The molecule has 0 amide bonds. The molecule has 15 heavy (non-hydrogen) atoms. The molecule has 0 atom stereocenters. The van der Waals surface area contributed by atoms with E-state index in [2.05, 4.69) is 4.99 Å². The number of thioether (sulfide) groups is 1. The van der Waals surface area contributed by atoms with Crippen molar-refractivity contribution in [2.24, 2.45) is 10.7 Å². The van der Waals surface area contributed by atoms with Gasteiger partial charge in [-0.15, -0.1) is 11.8 Å². The van der Waals surface area contributed by atoms with Crippen LogP contribution in [-0.2, 0) is 0 Å². The molecule has 1 aromatic rings. The van der Waals surface area contributed by atoms with Crippen molar-refractivity contribution in [3.63, 3.8) is 0 Å². The summed E-state index contributed by atoms with van der Waals surface area (Å²) < 4.78 is 13.2. The zero-order valence-electron chi connectivity index (χ0n) is 8.90. The van der Waals surface area contributed by atoms with E-state index in [4.69, 9.17) is 5.73 Å². The van der Waals surface area contributed by atoms with Crippen LogP contribution in [0, 0.1) is 5.82 Å². The van der Waals surface area contributed by atoms with Gasteiger partial charge in [0.15, 0.2) is 0 Å². The van der Waals surface area contributed by atoms with Crippen molar-refractivity contribution in [2.45, 2.75) is 24.8 Å². The van der Waals surface area contributed by atoms with Gasteiger partial charge in [0.05, 0.1) is 5.75 Å². The number of halogens is 1. The van der Waals surface area contributed by atoms with Gasteiger partial charge in [-0.05, 0) is 26.0 Å². The molecule has 0 aliphatic carbocycles. The van der Waals surface area contributed by atoms with Crippen LogP contribution in [0.3, 0.4) is 0 Å². The lowest BCUT2D eigenvalue weighted by Crippen LogP contribution is -2.16. The Balaban J connectivity index is 2.54. The minimum Gasteiger partial charge on any atom is -0.387 e. The summed E-state index contributed by atoms with van der Waals surface area (Å²) in [4.78, 5) is 4.78. The van der Waals surface area contributed by atoms with Gasteiger partial charge in [-0.3, -0.25) is 4.99 Å². The Hall–Kier alpha value is -1.03. The van der Waals surface area contributed by atoms with E-state index in [1.165, 1.54) is 17.8 Å². The van der Waals surface area contributed by atoms with Crippen molar-refractivity contribution in [1.29, 1.82) is 0 Å². The molecule has 0 fully saturated rings. The van der Waals surface area contributed by atoms with E-state index in [9.17, 15) is 4.39 Å². The van der Waals surface area contributed by atoms with Crippen molar-refractivity contribution in [3.8, 4) is 0 Å². The lowest BCUT2D eigenvalue weighted by atomic mass is 10.3. The van der Waals surface area contributed by atoms with Crippen LogP contribution in [0.4, 0.5) is 4.39 Å². The van der Waals surface area contributed by atoms with Gasteiger partial charge in [0, 0.05) is 10.9 Å². The molecule has 0 aromatic heterocycles. The lowest BCUT2D eigenvalue weighted by Gasteiger charge is -2.04. The van der Waals surface area contributed by atoms with E-state index >= 15 is 0 Å². The number of rotatable bonds is 4. The van der Waals surface area contributed by atoms with Gasteiger partial charge in [-0.25, -0.2) is 4.39 Å². The van der Waals surface area contributed by atoms with Gasteiger partial charge in [-0.2, -0.15) is 0 Å². The molecule has 0 radical (unpaired) electrons. The largest absolute Gasteiger partial charge is 0.387 e. The van der Waals surface area contributed by atoms with Crippen LogP contribution < -0.4 is 5.73 Å². The van der Waals surface area contributed by atoms with Crippen molar-refractivity contribution in [2.75, 3.05) is 5.75 Å². The van der Waals surface area contributed by atoms with Crippen LogP contribution in [0.15, 0.2) is 34.2 Å². The van der Waals surface area contributed by atoms with Crippen molar-refractivity contribution < 1.29 is 4.39 Å². The molecule has 1 aromatic carbocycles. The summed E-state index contributed by atoms with van der Waals surface area (Å²) in [6.07, 6.45) is 0. The first-order chi connectivity index (χ1) is 7.09. The van der Waals surface area contributed by atoms with Crippen LogP contribution >= 0.6 is 11.8 Å². The molecule has 0 aliphatic rings. The predicted molar refractivity (Wildman–Crippen MR) is 63.9 cm³/mol. The molecule has 0 saturated heterocycles. The summed E-state index contributed by atoms with van der Waals surface area (Å²) >= 11 is 1.37. The van der Waals surface area contributed by atoms with E-state index in [0.717, 1.165) is 0 Å². The highest BCUT2D eigenvalue weighted by molar-refractivity contribution is 8.00. The third-order valence-corrected chi connectivity index (χ3v) is 2.72. The van der Waals surface area contributed by atoms with E-state index in [-0.39, 0.29) is 11.9 Å². The van der Waals surface area contributed by atoms with Crippen molar-refractivity contribution in [1.82, 2.24) is 0 Å². The first kappa shape index (κ1) is 12.0. The zero-order valence-corrected chi connectivity index (χ0v) is 9.72. The van der Waals surface area contributed by atoms with Crippen molar-refractivity contribution >= 4 is 17.6 Å². The first-order valence-electron chi connectivity index (χ1n) is 4.79. The number of amidine groups is 1. The third-order valence-electron chi connectivity index (χ3n) is 1.64. The smallest absolute Gasteiger partial charge is 0.136 e. The summed E-state index contributed by atoms with van der Waals surface area (Å²) in [5.41, 5.74) is 5.68. The molecule has 82 valence electrons. The van der Waals surface area contributed by atoms with Gasteiger partial charge >= 0.3 is 0 Å². The fourth-order valence-corrected chi connectivity index (χ4v) is 1.84. The van der Waals surface area contributed by atoms with Gasteiger partial charge in [-0.1, -0.05) is 12.1 Å². The predicted octanol–water partition coefficient (Wildman–Crippen LogP) is 2.68. The minimum absolute atomic E-state index is 0.186. The Bertz CT molecular complexity index is 350. The summed E-state index contributed by atoms with van der Waals surface area (Å²) in [7, 11) is 0. The molecule has 0 unspecified atom stereocenters. The Kier molecular flexibility index (Phi) is 4.62. The van der Waals surface area contributed by atoms with Gasteiger partial charge in [0.25, 0.3) is 0 Å². The maximum Gasteiger partial charge on any atom is 0.136 e. The van der Waals surface area contributed by atoms with Crippen LogP contribution in [0.25, 0.3) is 0 Å². The number of aliphatic imine (C=N–C) groups is 1. The van der Waals surface area contributed by atoms with Gasteiger partial charge < -0.3 is 5.73 Å². The highest BCUT2D eigenvalue weighted by Crippen LogP contribution is 2.20. The number of hydrogen-bond acceptors (Lipinski definition) is 2. The fraction of sp³-hybridized carbons (Fsp3) is 0.364. The SMILES string of the molecule is CC(C)N=C(N)CSc1ccccc1F. The van der Waals surface area contributed by atoms with Gasteiger partial charge in [0.2, 0.25) is 0 Å². The molecular weight excluding hydrogens is 211 g/mol. The number of nitrogens with zero attached hydrogens (tertiary/aromatic N) is 1. The second-order valence-electron chi connectivity index (χ2n) is 3.43. The van der Waals surface area contributed by atoms with Crippen LogP contribution in [0.5, 0.6) is 0 Å². The quantitative estimate of drug-likeness (QED) is 0.487. The van der Waals surface area contributed by atoms with E-state index < -0.39 is 0 Å². The lowest BCUT2D eigenvalue weighted by molar-refractivity contribution is 0.602. The minimum atomic E-state index is -0.208. The van der Waals surface area contributed by atoms with Crippen LogP contribution in [0.1, 0.15) is 13.8 Å². The van der Waals surface area contributed by atoms with E-state index in [1.807, 2.05) is 13.8 Å². The Labute approximate surface area is 93.8 Å². The molecule has 0 saturated carbocycles. The Morgan fingerprint density at radius 2 is 2.13 bits per heavy atom. The van der Waals surface area contributed by atoms with Gasteiger partial charge in [0.1, 0.15) is 11.7 Å². The molecule has 4 heteroatoms. The van der Waals surface area contributed by atoms with Crippen molar-refractivity contribution in [3.05, 3.63) is 30.1 Å². The fourth-order valence-electron chi connectivity index (χ4n) is 1.08. The summed E-state index contributed by atoms with van der Waals surface area (Å²) in [5, 5.41) is 0. The highest BCUT2D eigenvalue weighted by atomic mass is 32.2. The average molecular weight is 226 g/mol. The Morgan fingerprint density at radius 3 is 2.73 bits per heavy atom. The van der Waals surface area contributed by atoms with E-state index in [0.29, 0.717) is 16.5 Å². The normalized spacial score (nSPS) is 12.1. The second kappa shape index (κ2) is 5.75. The summed E-state index contributed by atoms with van der Waals surface area (Å²) in [6.45, 7) is 3.92. The standard InChI is InChI=1S/C11H15FN2S/c1-8(2)14-11(13)7-15-10-6-4-3-5-9(10)12/h3-6,8H,7H2,1-2H3,(H2,13,14). The monoisotopic (exact) mass is 226 g/mol. The molecule has 1 rings (SSSR count). The summed E-state index contributed by atoms with van der Waals surface area (Å²) in [6, 6.07) is 6.85. The third kappa shape index (κ3) is 4.34. The van der Waals surface area contributed by atoms with Crippen LogP contribution in [-0.4, -0.2) is 17.6 Å². The molecule has 0 heterocycles. The molecule has 0 spiro atoms. The average Bonchev–Trinajstić information content (AvgIpc) is 2.15. The number of nitrogens with two attached hydrogens (primary N) is 1. The molecule has 0 bridgehead atoms. The maximum atomic E-state index is 13.2. The zero-order chi connectivity index (χ0) is 11.3. The molecule has 2 N–H and O–H groups in total. The topological polar surface area (TPSA) is 38.4 Å². The Morgan fingerprint density at radius 1 is 1.47 bits per heavy atom. The molecule has 2 nitrogen and oxygen atoms in total. The first-order valence-corrected chi connectivity index (χ1v) is 5.77. The summed E-state index contributed by atoms with van der Waals surface area (Å²) in [5.74, 6) is 0.872. The number of hydrogen-bond donors (Lipinski definition) is 1. The maximum absolute atomic E-state index is 13.2. The molecule has 0 aliphatic heterocycles. The van der Waals surface area contributed by atoms with Crippen LogP contribution in [0.2, 0.25) is 0 Å². The highest BCUT2D eigenvalue weighted by Gasteiger charge is 2.02. The molecular formula is C11H15FN2S. The van der Waals surface area contributed by atoms with E-state index in [1.54, 1.807) is 18.2 Å².